The van der Waals surface area contributed by atoms with Crippen LogP contribution in [0.5, 0.6) is 0 Å². The van der Waals surface area contributed by atoms with Gasteiger partial charge in [-0.25, -0.2) is 0 Å². The van der Waals surface area contributed by atoms with Crippen molar-refractivity contribution in [3.63, 3.8) is 0 Å². The highest BCUT2D eigenvalue weighted by molar-refractivity contribution is 7.99. The number of rotatable bonds is 0. The minimum atomic E-state index is 0.0773. The summed E-state index contributed by atoms with van der Waals surface area (Å²) in [7, 11) is 2.24. The molecule has 1 fully saturated rings. The molecule has 0 aromatic heterocycles. The molecule has 2 aromatic rings. The molecule has 2 aromatic carbocycles. The van der Waals surface area contributed by atoms with Crippen molar-refractivity contribution in [1.82, 2.24) is 5.32 Å². The summed E-state index contributed by atoms with van der Waals surface area (Å²) in [5, 5.41) is 3.83. The van der Waals surface area contributed by atoms with Crippen molar-refractivity contribution in [3.8, 4) is 0 Å². The molecule has 6 rings (SSSR count). The van der Waals surface area contributed by atoms with E-state index in [-0.39, 0.29) is 11.1 Å². The first-order chi connectivity index (χ1) is 10.6. The third-order valence-corrected chi connectivity index (χ3v) is 7.31. The molecule has 3 nitrogen and oxygen atoms in total. The number of hydrogen-bond acceptors (Lipinski definition) is 4. The van der Waals surface area contributed by atoms with Gasteiger partial charge in [-0.3, -0.25) is 5.32 Å². The zero-order valence-corrected chi connectivity index (χ0v) is 13.7. The molecule has 0 bridgehead atoms. The predicted molar refractivity (Wildman–Crippen MR) is 90.2 cm³/mol. The number of fused-ring (bicyclic) bond motifs is 3. The minimum Gasteiger partial charge on any atom is -0.351 e. The number of likely N-dealkylation sites (N-methyl/N-ethyl adjacent to an activating group) is 1. The summed E-state index contributed by atoms with van der Waals surface area (Å²) in [6.07, 6.45) is 0.350. The van der Waals surface area contributed by atoms with E-state index >= 15 is 0 Å². The Hall–Kier alpha value is -1.65. The number of hydrogen-bond donors (Lipinski definition) is 1. The van der Waals surface area contributed by atoms with Gasteiger partial charge in [0, 0.05) is 16.8 Å². The minimum absolute atomic E-state index is 0.0773. The van der Waals surface area contributed by atoms with Crippen LogP contribution in [0.25, 0.3) is 0 Å². The highest BCUT2D eigenvalue weighted by Crippen LogP contribution is 2.68. The maximum atomic E-state index is 3.83. The molecule has 0 aliphatic carbocycles. The highest BCUT2D eigenvalue weighted by atomic mass is 32.2. The Labute approximate surface area is 134 Å². The molecule has 4 aliphatic heterocycles. The molecule has 22 heavy (non-hydrogen) atoms. The van der Waals surface area contributed by atoms with Gasteiger partial charge in [0.1, 0.15) is 6.17 Å². The summed E-state index contributed by atoms with van der Waals surface area (Å²) in [6, 6.07) is 13.5. The molecule has 0 spiro atoms. The van der Waals surface area contributed by atoms with Crippen molar-refractivity contribution >= 4 is 28.8 Å². The fourth-order valence-corrected chi connectivity index (χ4v) is 6.09. The van der Waals surface area contributed by atoms with Crippen LogP contribution in [-0.2, 0) is 5.54 Å². The van der Waals surface area contributed by atoms with Crippen molar-refractivity contribution in [2.45, 2.75) is 40.9 Å². The fourth-order valence-electron chi connectivity index (χ4n) is 4.96. The van der Waals surface area contributed by atoms with E-state index in [0.29, 0.717) is 6.17 Å². The molecule has 4 aliphatic rings. The van der Waals surface area contributed by atoms with Crippen LogP contribution in [0.15, 0.2) is 46.2 Å². The van der Waals surface area contributed by atoms with E-state index in [9.17, 15) is 0 Å². The Kier molecular flexibility index (Phi) is 1.71. The van der Waals surface area contributed by atoms with Crippen molar-refractivity contribution in [2.75, 3.05) is 16.8 Å². The van der Waals surface area contributed by atoms with Crippen LogP contribution in [0.4, 0.5) is 17.1 Å². The first-order valence-corrected chi connectivity index (χ1v) is 8.64. The Bertz CT molecular complexity index is 879. The third kappa shape index (κ3) is 0.973. The molecule has 4 heteroatoms. The summed E-state index contributed by atoms with van der Waals surface area (Å²) in [4.78, 5) is 7.82. The van der Waals surface area contributed by atoms with Crippen LogP contribution >= 0.6 is 11.8 Å². The molecular weight excluding hydrogens is 290 g/mol. The monoisotopic (exact) mass is 307 g/mol. The number of benzene rings is 2. The van der Waals surface area contributed by atoms with Gasteiger partial charge in [0.15, 0.2) is 0 Å². The van der Waals surface area contributed by atoms with Gasteiger partial charge in [-0.1, -0.05) is 30.0 Å². The van der Waals surface area contributed by atoms with Crippen molar-refractivity contribution in [1.29, 1.82) is 0 Å². The lowest BCUT2D eigenvalue weighted by molar-refractivity contribution is 0.451. The Morgan fingerprint density at radius 2 is 1.77 bits per heavy atom. The molecule has 4 heterocycles. The van der Waals surface area contributed by atoms with Crippen molar-refractivity contribution < 1.29 is 0 Å². The standard InChI is InChI=1S/C18H17N3S/c1-17-10-6-4-8-12-14(10)21-15-11(7-5-9-13(15)22-12)20(3)16(21)18(17,2)19-17/h4-9,16,19H,1-3H3. The lowest BCUT2D eigenvalue weighted by Crippen LogP contribution is -2.54. The second-order valence-corrected chi connectivity index (χ2v) is 8.27. The number of nitrogens with one attached hydrogen (secondary N) is 1. The molecular formula is C18H17N3S. The quantitative estimate of drug-likeness (QED) is 0.752. The second kappa shape index (κ2) is 3.17. The van der Waals surface area contributed by atoms with Crippen molar-refractivity contribution in [2.24, 2.45) is 0 Å². The second-order valence-electron chi connectivity index (χ2n) is 7.19. The van der Waals surface area contributed by atoms with Crippen LogP contribution in [0, 0.1) is 0 Å². The van der Waals surface area contributed by atoms with Crippen LogP contribution in [0.3, 0.4) is 0 Å². The molecule has 0 amide bonds. The summed E-state index contributed by atoms with van der Waals surface area (Å²) >= 11 is 1.91. The van der Waals surface area contributed by atoms with Crippen LogP contribution in [0.2, 0.25) is 0 Å². The van der Waals surface area contributed by atoms with Gasteiger partial charge in [0.25, 0.3) is 0 Å². The molecule has 1 N–H and O–H groups in total. The van der Waals surface area contributed by atoms with Crippen molar-refractivity contribution in [3.05, 3.63) is 42.0 Å². The summed E-state index contributed by atoms with van der Waals surface area (Å²) < 4.78 is 0. The maximum absolute atomic E-state index is 3.83. The van der Waals surface area contributed by atoms with Crippen LogP contribution < -0.4 is 15.1 Å². The van der Waals surface area contributed by atoms with Gasteiger partial charge in [-0.15, -0.1) is 0 Å². The van der Waals surface area contributed by atoms with E-state index < -0.39 is 0 Å². The normalized spacial score (nSPS) is 35.3. The van der Waals surface area contributed by atoms with Crippen LogP contribution in [-0.4, -0.2) is 18.8 Å². The zero-order chi connectivity index (χ0) is 14.9. The van der Waals surface area contributed by atoms with Gasteiger partial charge in [0.05, 0.1) is 28.1 Å². The first kappa shape index (κ1) is 11.9. The number of para-hydroxylation sites is 2. The van der Waals surface area contributed by atoms with Crippen LogP contribution in [0.1, 0.15) is 19.4 Å². The zero-order valence-electron chi connectivity index (χ0n) is 12.8. The largest absolute Gasteiger partial charge is 0.351 e. The Morgan fingerprint density at radius 1 is 1.05 bits per heavy atom. The van der Waals surface area contributed by atoms with Gasteiger partial charge >= 0.3 is 0 Å². The average molecular weight is 307 g/mol. The first-order valence-electron chi connectivity index (χ1n) is 7.82. The summed E-state index contributed by atoms with van der Waals surface area (Å²) in [5.41, 5.74) is 5.80. The topological polar surface area (TPSA) is 28.4 Å². The van der Waals surface area contributed by atoms with E-state index in [1.807, 2.05) is 11.8 Å². The predicted octanol–water partition coefficient (Wildman–Crippen LogP) is 3.66. The fraction of sp³-hybridized carbons (Fsp3) is 0.333. The number of anilines is 3. The summed E-state index contributed by atoms with van der Waals surface area (Å²) in [6.45, 7) is 4.73. The Morgan fingerprint density at radius 3 is 2.59 bits per heavy atom. The molecule has 0 radical (unpaired) electrons. The van der Waals surface area contributed by atoms with E-state index in [2.05, 4.69) is 72.4 Å². The van der Waals surface area contributed by atoms with E-state index in [0.717, 1.165) is 0 Å². The molecule has 1 saturated heterocycles. The van der Waals surface area contributed by atoms with E-state index in [4.69, 9.17) is 0 Å². The van der Waals surface area contributed by atoms with E-state index in [1.165, 1.54) is 32.4 Å². The van der Waals surface area contributed by atoms with Gasteiger partial charge in [-0.05, 0) is 37.6 Å². The van der Waals surface area contributed by atoms with E-state index in [1.54, 1.807) is 0 Å². The lowest BCUT2D eigenvalue weighted by Gasteiger charge is -2.44. The molecule has 0 saturated carbocycles. The lowest BCUT2D eigenvalue weighted by atomic mass is 9.81. The highest BCUT2D eigenvalue weighted by Gasteiger charge is 2.73. The average Bonchev–Trinajstić information content (AvgIpc) is 2.96. The SMILES string of the molecule is CN1c2cccc3c2N2c4c(cccc4C4(C)NC4(C)C12)S3. The summed E-state index contributed by atoms with van der Waals surface area (Å²) in [5.74, 6) is 0. The maximum Gasteiger partial charge on any atom is 0.127 e. The molecule has 3 unspecified atom stereocenters. The molecule has 3 atom stereocenters. The smallest absolute Gasteiger partial charge is 0.127 e. The van der Waals surface area contributed by atoms with Gasteiger partial charge < -0.3 is 9.80 Å². The Balaban J connectivity index is 1.78. The number of nitrogens with zero attached hydrogens (tertiary/aromatic N) is 2. The molecule has 110 valence electrons. The third-order valence-electron chi connectivity index (χ3n) is 6.21. The van der Waals surface area contributed by atoms with Gasteiger partial charge in [0.2, 0.25) is 0 Å². The van der Waals surface area contributed by atoms with Gasteiger partial charge in [-0.2, -0.15) is 0 Å².